The van der Waals surface area contributed by atoms with Gasteiger partial charge in [0.15, 0.2) is 11.6 Å². The van der Waals surface area contributed by atoms with Crippen molar-refractivity contribution < 1.29 is 104 Å². The Bertz CT molecular complexity index is 3780. The van der Waals surface area contributed by atoms with Crippen LogP contribution in [0, 0.1) is 75.9 Å². The minimum atomic E-state index is -3.81. The molecule has 5 amide bonds. The molecule has 0 spiro atoms. The summed E-state index contributed by atoms with van der Waals surface area (Å²) in [4.78, 5) is 150. The molecule has 656 valence electrons. The number of ether oxygens (including phenoxy) is 3. The van der Waals surface area contributed by atoms with Crippen LogP contribution in [0.25, 0.3) is 0 Å². The van der Waals surface area contributed by atoms with Crippen molar-refractivity contribution in [3.05, 3.63) is 50.1 Å². The van der Waals surface area contributed by atoms with E-state index in [0.717, 1.165) is 44.9 Å². The molecule has 0 aromatic rings. The average molecular weight is 1670 g/mol. The lowest BCUT2D eigenvalue weighted by Crippen LogP contribution is -2.48. The number of carboxylic acid groups (broad SMARTS) is 1. The summed E-state index contributed by atoms with van der Waals surface area (Å²) >= 11 is 0. The Hall–Kier alpha value is -6.69. The van der Waals surface area contributed by atoms with Crippen molar-refractivity contribution in [2.75, 3.05) is 19.6 Å². The van der Waals surface area contributed by atoms with E-state index in [1.807, 2.05) is 45.1 Å². The van der Waals surface area contributed by atoms with Crippen LogP contribution < -0.4 is 9.44 Å². The molecule has 4 saturated carbocycles. The molecule has 4 aliphatic carbocycles. The van der Waals surface area contributed by atoms with Crippen LogP contribution in [0.3, 0.4) is 0 Å². The average Bonchev–Trinajstić information content (AvgIpc) is 1.58. The molecule has 7 fully saturated rings. The highest BCUT2D eigenvalue weighted by molar-refractivity contribution is 7.91. The third kappa shape index (κ3) is 28.2. The summed E-state index contributed by atoms with van der Waals surface area (Å²) in [6, 6.07) is -3.02. The van der Waals surface area contributed by atoms with Crippen LogP contribution in [-0.4, -0.2) is 200 Å². The Morgan fingerprint density at radius 2 is 1.09 bits per heavy atom. The molecule has 116 heavy (non-hydrogen) atoms. The first-order valence-electron chi connectivity index (χ1n) is 42.5. The highest BCUT2D eigenvalue weighted by Crippen LogP contribution is 2.59. The molecule has 3 unspecified atom stereocenters. The maximum absolute atomic E-state index is 14.3. The van der Waals surface area contributed by atoms with Crippen LogP contribution in [0.15, 0.2) is 50.1 Å². The zero-order valence-corrected chi connectivity index (χ0v) is 73.4. The van der Waals surface area contributed by atoms with E-state index in [0.29, 0.717) is 70.1 Å². The van der Waals surface area contributed by atoms with E-state index in [4.69, 9.17) is 14.2 Å². The van der Waals surface area contributed by atoms with Gasteiger partial charge < -0.3 is 49.3 Å². The number of aliphatic hydroxyl groups is 3. The number of esters is 3. The summed E-state index contributed by atoms with van der Waals surface area (Å²) in [5.74, 6) is -8.24. The van der Waals surface area contributed by atoms with E-state index >= 15 is 0 Å². The zero-order chi connectivity index (χ0) is 87.1. The molecule has 6 N–H and O–H groups in total. The van der Waals surface area contributed by atoms with Gasteiger partial charge in [-0.05, 0) is 206 Å². The van der Waals surface area contributed by atoms with Crippen LogP contribution in [0.5, 0.6) is 0 Å². The Balaban J connectivity index is 0.000000276. The van der Waals surface area contributed by atoms with Crippen molar-refractivity contribution in [3.8, 4) is 0 Å². The number of carboxylic acids is 1. The van der Waals surface area contributed by atoms with Gasteiger partial charge in [0.25, 0.3) is 0 Å². The standard InChI is InChI=1S/C33H52N2O8S.C31H48N2O8S.C23H39NO6/c1-8-11-12-21(4)15-22(9-2)26(17-29(38)43-32(5,6)7)30(39)35-20-24(36)16-27(35)28(37)19-33(18-23(33)10-3)31(40)34-44(41,42)25-13-14-25;1-6-20-13-19(2)9-7-8-10-21-16-31(21,29(38)32-42(39,40)23-11-12-23)17-26(35)25-14-22(34)18-33(25)28(37)24(20)15-27(36)41-30(3,4)5;1-7-9-10-15(3)11-16(8-2)18(13-20(26)30-23(4,5)6)21(27)24-14-17(25)12-19(24)22(28)29/h8,10,21-27,36H,1,3,9,11-20H2,2,4-7H3,(H,34,40);8,10,19-25,34H,6-7,9,11-18H2,1-5H3,(H,32,38);7,15-19,25H,1,8-14H2,2-6H3,(H,28,29)/b;10-8-;/t21?,22-,23-,24-,26+,27+,33-;19?,20-,21-,22-,24+,25+,31-;15?,16-,17-,18+,19+/m111/s1. The third-order valence-corrected chi connectivity index (χ3v) is 27.9. The number of likely N-dealkylation sites (tertiary alicyclic amines) is 2. The Labute approximate surface area is 690 Å². The van der Waals surface area contributed by atoms with E-state index in [1.54, 1.807) is 68.4 Å². The maximum Gasteiger partial charge on any atom is 0.326 e. The predicted molar refractivity (Wildman–Crippen MR) is 438 cm³/mol. The zero-order valence-electron chi connectivity index (χ0n) is 71.8. The molecular formula is C87H139N5O22S2. The van der Waals surface area contributed by atoms with Gasteiger partial charge in [0.2, 0.25) is 49.6 Å². The van der Waals surface area contributed by atoms with E-state index in [-0.39, 0.29) is 142 Å². The van der Waals surface area contributed by atoms with Gasteiger partial charge in [-0.1, -0.05) is 91.2 Å². The number of aliphatic hydroxyl groups excluding tert-OH is 3. The van der Waals surface area contributed by atoms with Gasteiger partial charge in [-0.3, -0.25) is 57.4 Å². The lowest BCUT2D eigenvalue weighted by molar-refractivity contribution is -0.161. The van der Waals surface area contributed by atoms with E-state index < -0.39 is 154 Å². The number of rotatable bonds is 34. The second-order valence-corrected chi connectivity index (χ2v) is 41.7. The molecule has 4 aliphatic heterocycles. The largest absolute Gasteiger partial charge is 0.480 e. The van der Waals surface area contributed by atoms with Crippen molar-refractivity contribution in [2.45, 2.75) is 335 Å². The fourth-order valence-electron chi connectivity index (χ4n) is 17.5. The third-order valence-electron chi connectivity index (χ3n) is 24.2. The molecule has 0 aromatic carbocycles. The van der Waals surface area contributed by atoms with E-state index in [9.17, 15) is 90.0 Å². The van der Waals surface area contributed by atoms with Crippen molar-refractivity contribution in [3.63, 3.8) is 0 Å². The molecule has 8 rings (SSSR count). The molecule has 0 radical (unpaired) electrons. The number of amides is 5. The Morgan fingerprint density at radius 1 is 0.629 bits per heavy atom. The van der Waals surface area contributed by atoms with Crippen LogP contribution in [0.2, 0.25) is 0 Å². The second kappa shape index (κ2) is 41.5. The van der Waals surface area contributed by atoms with Gasteiger partial charge in [0, 0.05) is 51.7 Å². The summed E-state index contributed by atoms with van der Waals surface area (Å²) < 4.78 is 71.3. The number of nitrogens with one attached hydrogen (secondary N) is 2. The summed E-state index contributed by atoms with van der Waals surface area (Å²) in [7, 11) is -7.61. The second-order valence-electron chi connectivity index (χ2n) is 37.8. The number of hydrogen-bond donors (Lipinski definition) is 6. The highest BCUT2D eigenvalue weighted by Gasteiger charge is 2.63. The minimum absolute atomic E-state index is 0.00671. The SMILES string of the molecule is C=CCCC(C)C[C@@H](CC)[C@H](CC(=O)OC(C)(C)C)C(=O)N1C[C@H](O)C[C@H]1C(=O)C[C@]1(C(=O)NS(=O)(=O)C2CC2)C[C@H]1C=C.C=CCCC(C)C[C@@H](CC)[C@H](CC(=O)OC(C)(C)C)C(=O)N1C[C@H](O)C[C@H]1C(=O)O.CC[C@@H]1CC(C)CC/C=C\[C@@H]2C[C@@]2(C(=O)NS(=O)(=O)C2CC2)CC(=O)[C@@H]2C[C@@H](O)CN2C(=O)[C@H]1CC(=O)OC(C)(C)C. The van der Waals surface area contributed by atoms with Crippen molar-refractivity contribution >= 4 is 85.0 Å². The Morgan fingerprint density at radius 3 is 1.52 bits per heavy atom. The summed E-state index contributed by atoms with van der Waals surface area (Å²) in [5.41, 5.74) is -4.58. The smallest absolute Gasteiger partial charge is 0.326 e. The number of carbonyl (C=O) groups excluding carboxylic acids is 10. The van der Waals surface area contributed by atoms with Crippen molar-refractivity contribution in [1.82, 2.24) is 24.1 Å². The van der Waals surface area contributed by atoms with Crippen LogP contribution in [0.1, 0.15) is 271 Å². The summed E-state index contributed by atoms with van der Waals surface area (Å²) in [5, 5.41) is 39.5. The molecule has 8 aliphatic rings. The molecule has 29 heteroatoms. The number of carbonyl (C=O) groups is 11. The normalized spacial score (nSPS) is 28.8. The first-order chi connectivity index (χ1) is 53.9. The van der Waals surface area contributed by atoms with Gasteiger partial charge in [-0.15, -0.1) is 19.7 Å². The molecule has 0 aromatic heterocycles. The molecule has 27 nitrogen and oxygen atoms in total. The molecule has 0 bridgehead atoms. The van der Waals surface area contributed by atoms with Crippen molar-refractivity contribution in [2.24, 2.45) is 75.9 Å². The van der Waals surface area contributed by atoms with Gasteiger partial charge >= 0.3 is 23.9 Å². The number of allylic oxidation sites excluding steroid dienone is 5. The number of β-amino-alcohol motifs (C(OH)–C–C–N with tert-alkyl or cyclic N) is 2. The van der Waals surface area contributed by atoms with E-state index in [1.165, 1.54) is 14.7 Å². The van der Waals surface area contributed by atoms with Gasteiger partial charge in [-0.25, -0.2) is 21.6 Å². The van der Waals surface area contributed by atoms with Crippen LogP contribution in [0.4, 0.5) is 0 Å². The first-order valence-corrected chi connectivity index (χ1v) is 45.5. The number of aliphatic carboxylic acids is 1. The summed E-state index contributed by atoms with van der Waals surface area (Å²) in [6.45, 7) is 39.4. The number of hydrogen-bond acceptors (Lipinski definition) is 21. The predicted octanol–water partition coefficient (Wildman–Crippen LogP) is 10.7. The molecule has 3 saturated heterocycles. The molecule has 4 heterocycles. The molecule has 19 atom stereocenters. The number of Topliss-reactive ketones (excluding diaryl/α,β-unsaturated/α-hetero) is 2. The minimum Gasteiger partial charge on any atom is -0.480 e. The quantitative estimate of drug-likeness (QED) is 0.0198. The van der Waals surface area contributed by atoms with Crippen LogP contribution in [-0.2, 0) is 87.0 Å². The molecular weight excluding hydrogens is 1530 g/mol. The number of fused-ring (bicyclic) bond motifs is 2. The van der Waals surface area contributed by atoms with Crippen molar-refractivity contribution in [1.29, 1.82) is 0 Å². The van der Waals surface area contributed by atoms with Gasteiger partial charge in [0.1, 0.15) is 22.8 Å². The number of ketones is 2. The monoisotopic (exact) mass is 1670 g/mol. The fourth-order valence-corrected chi connectivity index (χ4v) is 20.2. The number of sulfonamides is 2. The van der Waals surface area contributed by atoms with Gasteiger partial charge in [-0.2, -0.15) is 0 Å². The first kappa shape index (κ1) is 98.1. The summed E-state index contributed by atoms with van der Waals surface area (Å²) in [6.07, 6.45) is 17.5. The maximum atomic E-state index is 14.3. The lowest BCUT2D eigenvalue weighted by atomic mass is 9.79. The van der Waals surface area contributed by atoms with Gasteiger partial charge in [0.05, 0.1) is 88.7 Å². The van der Waals surface area contributed by atoms with Crippen LogP contribution >= 0.6 is 0 Å². The Kier molecular flexibility index (Phi) is 35.1. The fraction of sp³-hybridized carbons (Fsp3) is 0.782. The topological polar surface area (TPSA) is 398 Å². The lowest BCUT2D eigenvalue weighted by Gasteiger charge is -2.33. The van der Waals surface area contributed by atoms with E-state index in [2.05, 4.69) is 50.0 Å². The number of nitrogens with zero attached hydrogens (tertiary/aromatic N) is 3. The highest BCUT2D eigenvalue weighted by atomic mass is 32.2.